The predicted molar refractivity (Wildman–Crippen MR) is 148 cm³/mol. The summed E-state index contributed by atoms with van der Waals surface area (Å²) >= 11 is 0. The molecule has 0 spiro atoms. The maximum absolute atomic E-state index is 12.3. The maximum atomic E-state index is 12.3. The first-order chi connectivity index (χ1) is 18.7. The number of aromatic nitrogens is 4. The van der Waals surface area contributed by atoms with Gasteiger partial charge in [-0.25, -0.2) is 4.79 Å². The number of hydrogen-bond acceptors (Lipinski definition) is 9. The van der Waals surface area contributed by atoms with Crippen molar-refractivity contribution in [3.05, 3.63) is 29.8 Å². The minimum absolute atomic E-state index is 0.234. The number of hydrogen-bond donors (Lipinski definition) is 1. The smallest absolute Gasteiger partial charge is 0.410 e. The topological polar surface area (TPSA) is 127 Å². The van der Waals surface area contributed by atoms with Gasteiger partial charge in [0.2, 0.25) is 0 Å². The van der Waals surface area contributed by atoms with Crippen LogP contribution in [0.5, 0.6) is 17.8 Å². The van der Waals surface area contributed by atoms with Crippen molar-refractivity contribution in [1.82, 2.24) is 24.4 Å². The number of carbonyl (C=O) groups excluding carboxylic acids is 1. The quantitative estimate of drug-likeness (QED) is 0.365. The zero-order valence-corrected chi connectivity index (χ0v) is 23.6. The van der Waals surface area contributed by atoms with Crippen LogP contribution in [0.15, 0.2) is 24.3 Å². The van der Waals surface area contributed by atoms with E-state index in [4.69, 9.17) is 24.7 Å². The number of unbranched alkanes of at least 4 members (excludes halogenated alkanes) is 1. The molecule has 3 heterocycles. The number of imidazole rings is 1. The molecule has 39 heavy (non-hydrogen) atoms. The second-order valence-corrected chi connectivity index (χ2v) is 10.8. The highest BCUT2D eigenvalue weighted by Crippen LogP contribution is 2.27. The Bertz CT molecular complexity index is 1250. The molecule has 0 radical (unpaired) electrons. The van der Waals surface area contributed by atoms with E-state index in [9.17, 15) is 4.79 Å². The van der Waals surface area contributed by atoms with E-state index < -0.39 is 5.60 Å². The van der Waals surface area contributed by atoms with Gasteiger partial charge in [-0.15, -0.1) is 0 Å². The summed E-state index contributed by atoms with van der Waals surface area (Å²) in [6.45, 7) is 10.7. The summed E-state index contributed by atoms with van der Waals surface area (Å²) in [5, 5.41) is 0. The lowest BCUT2D eigenvalue weighted by atomic mass is 9.98. The molecule has 0 aliphatic carbocycles. The molecule has 212 valence electrons. The molecule has 1 fully saturated rings. The number of amides is 1. The molecule has 11 heteroatoms. The third kappa shape index (κ3) is 7.42. The summed E-state index contributed by atoms with van der Waals surface area (Å²) in [7, 11) is 1.56. The molecule has 1 saturated heterocycles. The Kier molecular flexibility index (Phi) is 8.98. The van der Waals surface area contributed by atoms with Crippen molar-refractivity contribution >= 4 is 23.1 Å². The van der Waals surface area contributed by atoms with Crippen molar-refractivity contribution in [3.63, 3.8) is 0 Å². The molecular weight excluding hydrogens is 500 g/mol. The van der Waals surface area contributed by atoms with E-state index in [1.54, 1.807) is 12.0 Å². The molecule has 11 nitrogen and oxygen atoms in total. The van der Waals surface area contributed by atoms with Crippen LogP contribution in [-0.4, -0.2) is 69.5 Å². The molecule has 2 N–H and O–H groups in total. The molecule has 1 aromatic carbocycles. The molecule has 0 unspecified atom stereocenters. The molecule has 1 aliphatic rings. The molecule has 1 amide bonds. The number of nitrogens with two attached hydrogens (primary N) is 1. The summed E-state index contributed by atoms with van der Waals surface area (Å²) in [4.78, 5) is 27.3. The monoisotopic (exact) mass is 540 g/mol. The predicted octanol–water partition coefficient (Wildman–Crippen LogP) is 4.67. The van der Waals surface area contributed by atoms with E-state index in [1.807, 2.05) is 49.6 Å². The lowest BCUT2D eigenvalue weighted by molar-refractivity contribution is 0.0165. The van der Waals surface area contributed by atoms with Crippen molar-refractivity contribution in [2.75, 3.05) is 39.1 Å². The Morgan fingerprint density at radius 3 is 2.44 bits per heavy atom. The SMILES string of the molecule is CCCCOc1nc(N)c2nc(OC)n(Cc3ccc(OCC4CCN(C(=O)OC(C)(C)C)CC4)cc3)c2n1. The first-order valence-electron chi connectivity index (χ1n) is 13.6. The second kappa shape index (κ2) is 12.4. The van der Waals surface area contributed by atoms with E-state index in [0.29, 0.717) is 55.9 Å². The molecule has 1 aliphatic heterocycles. The van der Waals surface area contributed by atoms with Crippen LogP contribution >= 0.6 is 0 Å². The van der Waals surface area contributed by atoms with Crippen molar-refractivity contribution in [2.24, 2.45) is 5.92 Å². The van der Waals surface area contributed by atoms with E-state index in [1.165, 1.54) is 0 Å². The third-order valence-corrected chi connectivity index (χ3v) is 6.49. The van der Waals surface area contributed by atoms with E-state index in [2.05, 4.69) is 21.9 Å². The van der Waals surface area contributed by atoms with E-state index in [-0.39, 0.29) is 17.9 Å². The number of fused-ring (bicyclic) bond motifs is 1. The zero-order chi connectivity index (χ0) is 28.0. The van der Waals surface area contributed by atoms with Gasteiger partial charge in [-0.05, 0) is 63.6 Å². The highest BCUT2D eigenvalue weighted by molar-refractivity contribution is 5.83. The number of carbonyl (C=O) groups is 1. The summed E-state index contributed by atoms with van der Waals surface area (Å²) in [5.41, 5.74) is 7.73. The Morgan fingerprint density at radius 1 is 1.08 bits per heavy atom. The number of likely N-dealkylation sites (tertiary alicyclic amines) is 1. The van der Waals surface area contributed by atoms with Gasteiger partial charge >= 0.3 is 12.1 Å². The van der Waals surface area contributed by atoms with Crippen LogP contribution in [0.3, 0.4) is 0 Å². The molecule has 0 atom stereocenters. The van der Waals surface area contributed by atoms with Crippen LogP contribution in [0.25, 0.3) is 11.2 Å². The highest BCUT2D eigenvalue weighted by Gasteiger charge is 2.27. The highest BCUT2D eigenvalue weighted by atomic mass is 16.6. The van der Waals surface area contributed by atoms with Gasteiger partial charge in [0.1, 0.15) is 11.4 Å². The van der Waals surface area contributed by atoms with Crippen LogP contribution in [0.1, 0.15) is 58.9 Å². The van der Waals surface area contributed by atoms with Gasteiger partial charge in [0.05, 0.1) is 26.9 Å². The fourth-order valence-corrected chi connectivity index (χ4v) is 4.35. The average Bonchev–Trinajstić information content (AvgIpc) is 3.25. The first kappa shape index (κ1) is 28.3. The van der Waals surface area contributed by atoms with Crippen LogP contribution in [0, 0.1) is 5.92 Å². The van der Waals surface area contributed by atoms with Gasteiger partial charge in [0.15, 0.2) is 17.0 Å². The van der Waals surface area contributed by atoms with Crippen LogP contribution in [0.2, 0.25) is 0 Å². The van der Waals surface area contributed by atoms with Crippen LogP contribution in [0.4, 0.5) is 10.6 Å². The lowest BCUT2D eigenvalue weighted by Crippen LogP contribution is -2.42. The summed E-state index contributed by atoms with van der Waals surface area (Å²) < 4.78 is 24.6. The van der Waals surface area contributed by atoms with Gasteiger partial charge < -0.3 is 29.6 Å². The zero-order valence-electron chi connectivity index (χ0n) is 23.6. The Morgan fingerprint density at radius 2 is 1.79 bits per heavy atom. The molecule has 0 bridgehead atoms. The van der Waals surface area contributed by atoms with Crippen molar-refractivity contribution < 1.29 is 23.7 Å². The molecular formula is C28H40N6O5. The van der Waals surface area contributed by atoms with Crippen LogP contribution in [-0.2, 0) is 11.3 Å². The Labute approximate surface area is 229 Å². The molecule has 3 aromatic rings. The number of nitrogens with zero attached hydrogens (tertiary/aromatic N) is 5. The maximum Gasteiger partial charge on any atom is 0.410 e. The molecule has 2 aromatic heterocycles. The van der Waals surface area contributed by atoms with Crippen molar-refractivity contribution in [2.45, 2.75) is 65.5 Å². The Hall–Kier alpha value is -3.76. The van der Waals surface area contributed by atoms with Gasteiger partial charge in [0, 0.05) is 13.1 Å². The fourth-order valence-electron chi connectivity index (χ4n) is 4.35. The van der Waals surface area contributed by atoms with Crippen molar-refractivity contribution in [1.29, 1.82) is 0 Å². The number of anilines is 1. The number of methoxy groups -OCH3 is 1. The van der Waals surface area contributed by atoms with Crippen LogP contribution < -0.4 is 19.9 Å². The second-order valence-electron chi connectivity index (χ2n) is 10.8. The summed E-state index contributed by atoms with van der Waals surface area (Å²) in [5.74, 6) is 1.45. The third-order valence-electron chi connectivity index (χ3n) is 6.49. The minimum atomic E-state index is -0.480. The number of nitrogen functional groups attached to an aromatic ring is 1. The number of benzene rings is 1. The lowest BCUT2D eigenvalue weighted by Gasteiger charge is -2.33. The summed E-state index contributed by atoms with van der Waals surface area (Å²) in [6, 6.07) is 8.57. The number of piperidine rings is 1. The van der Waals surface area contributed by atoms with E-state index >= 15 is 0 Å². The number of ether oxygens (including phenoxy) is 4. The first-order valence-corrected chi connectivity index (χ1v) is 13.6. The van der Waals surface area contributed by atoms with Gasteiger partial charge in [0.25, 0.3) is 6.01 Å². The van der Waals surface area contributed by atoms with E-state index in [0.717, 1.165) is 37.0 Å². The van der Waals surface area contributed by atoms with Gasteiger partial charge in [-0.3, -0.25) is 4.57 Å². The molecule has 0 saturated carbocycles. The van der Waals surface area contributed by atoms with Gasteiger partial charge in [-0.2, -0.15) is 15.0 Å². The molecule has 4 rings (SSSR count). The fraction of sp³-hybridized carbons (Fsp3) is 0.571. The largest absolute Gasteiger partial charge is 0.493 e. The Balaban J connectivity index is 1.35. The summed E-state index contributed by atoms with van der Waals surface area (Å²) in [6.07, 6.45) is 3.45. The van der Waals surface area contributed by atoms with Crippen molar-refractivity contribution in [3.8, 4) is 17.8 Å². The van der Waals surface area contributed by atoms with Gasteiger partial charge in [-0.1, -0.05) is 25.5 Å². The normalized spacial score (nSPS) is 14.4. The minimum Gasteiger partial charge on any atom is -0.493 e. The average molecular weight is 541 g/mol. The standard InChI is InChI=1S/C28H40N6O5/c1-6-7-16-37-25-31-23(29)22-24(32-25)34(26(30-22)36-5)17-19-8-10-21(11-9-19)38-18-20-12-14-33(15-13-20)27(35)39-28(2,3)4/h8-11,20H,6-7,12-18H2,1-5H3,(H2,29,31,32). The number of rotatable bonds is 10.